The maximum atomic E-state index is 13.1. The quantitative estimate of drug-likeness (QED) is 0.494. The van der Waals surface area contributed by atoms with Crippen molar-refractivity contribution in [1.29, 1.82) is 0 Å². The first-order valence-electron chi connectivity index (χ1n) is 9.46. The summed E-state index contributed by atoms with van der Waals surface area (Å²) in [7, 11) is -1.13. The largest absolute Gasteiger partial charge is 0.493 e. The number of aryl methyl sites for hydroxylation is 1. The molecule has 3 rings (SSSR count). The van der Waals surface area contributed by atoms with Crippen molar-refractivity contribution in [2.75, 3.05) is 14.2 Å². The van der Waals surface area contributed by atoms with Crippen molar-refractivity contribution in [3.8, 4) is 17.2 Å². The van der Waals surface area contributed by atoms with E-state index >= 15 is 0 Å². The first-order valence-corrected chi connectivity index (χ1v) is 10.9. The van der Waals surface area contributed by atoms with Gasteiger partial charge in [0.05, 0.1) is 12.0 Å². The van der Waals surface area contributed by atoms with Gasteiger partial charge < -0.3 is 14.2 Å². The Morgan fingerprint density at radius 2 is 1.69 bits per heavy atom. The fourth-order valence-corrected chi connectivity index (χ4v) is 4.72. The normalized spacial score (nSPS) is 13.8. The van der Waals surface area contributed by atoms with Crippen molar-refractivity contribution >= 4 is 16.1 Å². The standard InChI is InChI=1S/C21H21F4NO5S/c1-26(12-13-3-8-18(31-21(24)25)19(9-13)29-2)32(27,28)17-7-5-14-10-16(30-20(22)23)6-4-15(14)11-17/h3-4,6,8-11,20-21H,5,7,12H2,1-2H3. The van der Waals surface area contributed by atoms with Gasteiger partial charge in [-0.3, -0.25) is 0 Å². The highest BCUT2D eigenvalue weighted by Crippen LogP contribution is 2.33. The van der Waals surface area contributed by atoms with E-state index in [0.29, 0.717) is 23.1 Å². The van der Waals surface area contributed by atoms with Crippen molar-refractivity contribution in [3.63, 3.8) is 0 Å². The summed E-state index contributed by atoms with van der Waals surface area (Å²) in [6.07, 6.45) is 2.06. The summed E-state index contributed by atoms with van der Waals surface area (Å²) >= 11 is 0. The summed E-state index contributed by atoms with van der Waals surface area (Å²) in [5.74, 6) is -0.0800. The molecule has 32 heavy (non-hydrogen) atoms. The van der Waals surface area contributed by atoms with E-state index in [-0.39, 0.29) is 35.1 Å². The highest BCUT2D eigenvalue weighted by Gasteiger charge is 2.27. The lowest BCUT2D eigenvalue weighted by molar-refractivity contribution is -0.0515. The molecule has 1 aliphatic rings. The maximum absolute atomic E-state index is 13.1. The Morgan fingerprint density at radius 1 is 0.969 bits per heavy atom. The van der Waals surface area contributed by atoms with E-state index < -0.39 is 23.2 Å². The summed E-state index contributed by atoms with van der Waals surface area (Å²) < 4.78 is 90.8. The van der Waals surface area contributed by atoms with Gasteiger partial charge in [-0.1, -0.05) is 12.1 Å². The van der Waals surface area contributed by atoms with Crippen LogP contribution in [0.2, 0.25) is 0 Å². The van der Waals surface area contributed by atoms with E-state index in [1.54, 1.807) is 0 Å². The minimum atomic E-state index is -3.83. The number of rotatable bonds is 9. The molecule has 0 bridgehead atoms. The predicted molar refractivity (Wildman–Crippen MR) is 109 cm³/mol. The number of methoxy groups -OCH3 is 1. The first-order chi connectivity index (χ1) is 15.1. The van der Waals surface area contributed by atoms with Crippen LogP contribution in [0.4, 0.5) is 17.6 Å². The monoisotopic (exact) mass is 475 g/mol. The van der Waals surface area contributed by atoms with E-state index in [1.165, 1.54) is 56.6 Å². The molecule has 0 N–H and O–H groups in total. The Balaban J connectivity index is 1.78. The fraction of sp³-hybridized carbons (Fsp3) is 0.333. The van der Waals surface area contributed by atoms with Crippen LogP contribution in [0.15, 0.2) is 41.3 Å². The summed E-state index contributed by atoms with van der Waals surface area (Å²) in [6.45, 7) is -5.98. The van der Waals surface area contributed by atoms with Gasteiger partial charge in [-0.15, -0.1) is 0 Å². The molecule has 0 aromatic heterocycles. The Hall–Kier alpha value is -2.79. The zero-order chi connectivity index (χ0) is 23.5. The van der Waals surface area contributed by atoms with Gasteiger partial charge in [0, 0.05) is 13.6 Å². The summed E-state index contributed by atoms with van der Waals surface area (Å²) in [5, 5.41) is 0. The third-order valence-electron chi connectivity index (χ3n) is 4.89. The molecule has 0 amide bonds. The molecule has 11 heteroatoms. The molecule has 0 atom stereocenters. The Labute approximate surface area is 183 Å². The number of hydrogen-bond donors (Lipinski definition) is 0. The highest BCUT2D eigenvalue weighted by molar-refractivity contribution is 7.93. The molecule has 0 fully saturated rings. The molecule has 6 nitrogen and oxygen atoms in total. The number of fused-ring (bicyclic) bond motifs is 1. The number of halogens is 4. The molecule has 2 aromatic rings. The summed E-state index contributed by atoms with van der Waals surface area (Å²) in [5.41, 5.74) is 1.84. The number of benzene rings is 2. The van der Waals surface area contributed by atoms with E-state index in [2.05, 4.69) is 9.47 Å². The van der Waals surface area contributed by atoms with Crippen molar-refractivity contribution in [2.45, 2.75) is 32.6 Å². The number of ether oxygens (including phenoxy) is 3. The van der Waals surface area contributed by atoms with Gasteiger partial charge in [-0.05, 0) is 59.9 Å². The average molecular weight is 475 g/mol. The van der Waals surface area contributed by atoms with Crippen LogP contribution in [-0.4, -0.2) is 40.1 Å². The van der Waals surface area contributed by atoms with Crippen LogP contribution in [0.5, 0.6) is 17.2 Å². The number of nitrogens with zero attached hydrogens (tertiary/aromatic N) is 1. The van der Waals surface area contributed by atoms with Gasteiger partial charge in [0.15, 0.2) is 11.5 Å². The van der Waals surface area contributed by atoms with E-state index in [1.807, 2.05) is 0 Å². The second-order valence-electron chi connectivity index (χ2n) is 6.97. The van der Waals surface area contributed by atoms with Crippen LogP contribution in [0, 0.1) is 0 Å². The zero-order valence-corrected chi connectivity index (χ0v) is 18.0. The van der Waals surface area contributed by atoms with Crippen LogP contribution < -0.4 is 14.2 Å². The molecule has 0 saturated carbocycles. The van der Waals surface area contributed by atoms with Gasteiger partial charge in [0.2, 0.25) is 10.0 Å². The Morgan fingerprint density at radius 3 is 2.34 bits per heavy atom. The van der Waals surface area contributed by atoms with E-state index in [0.717, 1.165) is 4.31 Å². The van der Waals surface area contributed by atoms with Crippen molar-refractivity contribution in [1.82, 2.24) is 4.31 Å². The van der Waals surface area contributed by atoms with E-state index in [4.69, 9.17) is 4.74 Å². The number of alkyl halides is 4. The van der Waals surface area contributed by atoms with Gasteiger partial charge in [-0.2, -0.15) is 21.9 Å². The lowest BCUT2D eigenvalue weighted by atomic mass is 9.97. The Kier molecular flexibility index (Phi) is 7.29. The van der Waals surface area contributed by atoms with Crippen LogP contribution >= 0.6 is 0 Å². The van der Waals surface area contributed by atoms with Crippen LogP contribution in [0.1, 0.15) is 23.1 Å². The second-order valence-corrected chi connectivity index (χ2v) is 9.07. The van der Waals surface area contributed by atoms with Crippen molar-refractivity contribution in [3.05, 3.63) is 58.0 Å². The molecule has 1 aliphatic carbocycles. The lowest BCUT2D eigenvalue weighted by Gasteiger charge is -2.23. The molecule has 174 valence electrons. The molecule has 2 aromatic carbocycles. The summed E-state index contributed by atoms with van der Waals surface area (Å²) in [4.78, 5) is 0.180. The topological polar surface area (TPSA) is 65.1 Å². The minimum Gasteiger partial charge on any atom is -0.493 e. The van der Waals surface area contributed by atoms with Crippen LogP contribution in [-0.2, 0) is 23.0 Å². The molecule has 0 spiro atoms. The van der Waals surface area contributed by atoms with Crippen LogP contribution in [0.25, 0.3) is 6.08 Å². The number of sulfonamides is 1. The van der Waals surface area contributed by atoms with Crippen molar-refractivity contribution < 1.29 is 40.2 Å². The van der Waals surface area contributed by atoms with Crippen molar-refractivity contribution in [2.24, 2.45) is 0 Å². The van der Waals surface area contributed by atoms with Gasteiger partial charge in [0.25, 0.3) is 0 Å². The number of allylic oxidation sites excluding steroid dienone is 1. The molecular weight excluding hydrogens is 454 g/mol. The molecule has 0 aliphatic heterocycles. The SMILES string of the molecule is COc1cc(CN(C)S(=O)(=O)C2=Cc3ccc(OC(F)F)cc3CC2)ccc1OC(F)F. The Bertz CT molecular complexity index is 1110. The molecule has 0 radical (unpaired) electrons. The van der Waals surface area contributed by atoms with Gasteiger partial charge in [0.1, 0.15) is 5.75 Å². The third-order valence-corrected chi connectivity index (χ3v) is 6.82. The second kappa shape index (κ2) is 9.78. The lowest BCUT2D eigenvalue weighted by Crippen LogP contribution is -2.28. The summed E-state index contributed by atoms with van der Waals surface area (Å²) in [6, 6.07) is 8.56. The molecule has 0 saturated heterocycles. The fourth-order valence-electron chi connectivity index (χ4n) is 3.37. The third kappa shape index (κ3) is 5.52. The molecular formula is C21H21F4NO5S. The predicted octanol–water partition coefficient (Wildman–Crippen LogP) is 4.65. The number of hydrogen-bond acceptors (Lipinski definition) is 5. The average Bonchev–Trinajstić information content (AvgIpc) is 2.73. The van der Waals surface area contributed by atoms with Gasteiger partial charge >= 0.3 is 13.2 Å². The zero-order valence-electron chi connectivity index (χ0n) is 17.2. The van der Waals surface area contributed by atoms with Gasteiger partial charge in [-0.25, -0.2) is 8.42 Å². The molecule has 0 unspecified atom stereocenters. The minimum absolute atomic E-state index is 0.0174. The molecule has 0 heterocycles. The van der Waals surface area contributed by atoms with Crippen LogP contribution in [0.3, 0.4) is 0 Å². The maximum Gasteiger partial charge on any atom is 0.387 e. The smallest absolute Gasteiger partial charge is 0.387 e. The highest BCUT2D eigenvalue weighted by atomic mass is 32.2. The van der Waals surface area contributed by atoms with E-state index in [9.17, 15) is 26.0 Å². The first kappa shape index (κ1) is 23.9.